The molecular formula is C44H52N6O8. The van der Waals surface area contributed by atoms with Crippen LogP contribution in [0.4, 0.5) is 0 Å². The van der Waals surface area contributed by atoms with Crippen molar-refractivity contribution in [2.24, 2.45) is 11.5 Å². The lowest BCUT2D eigenvalue weighted by Gasteiger charge is -2.30. The van der Waals surface area contributed by atoms with Gasteiger partial charge in [0.25, 0.3) is 5.91 Å². The number of nitrogens with two attached hydrogens (primary N) is 2. The number of carbonyl (C=O) groups excluding carboxylic acids is 4. The van der Waals surface area contributed by atoms with Crippen molar-refractivity contribution >= 4 is 29.6 Å². The molecule has 4 amide bonds. The molecule has 14 heteroatoms. The number of benzene rings is 4. The highest BCUT2D eigenvalue weighted by molar-refractivity contribution is 5.98. The van der Waals surface area contributed by atoms with Gasteiger partial charge in [-0.25, -0.2) is 4.79 Å². The van der Waals surface area contributed by atoms with Crippen LogP contribution in [0.15, 0.2) is 84.9 Å². The van der Waals surface area contributed by atoms with Crippen LogP contribution in [0.2, 0.25) is 0 Å². The highest BCUT2D eigenvalue weighted by Crippen LogP contribution is 2.40. The van der Waals surface area contributed by atoms with Gasteiger partial charge in [-0.05, 0) is 76.6 Å². The Morgan fingerprint density at radius 3 is 1.95 bits per heavy atom. The fraction of sp³-hybridized carbons (Fsp3) is 0.341. The number of carboxylic acid groups (broad SMARTS) is 1. The molecule has 4 bridgehead atoms. The van der Waals surface area contributed by atoms with Crippen molar-refractivity contribution in [3.63, 3.8) is 0 Å². The number of nitrogens with one attached hydrogen (secondary N) is 3. The summed E-state index contributed by atoms with van der Waals surface area (Å²) in [5.41, 5.74) is 16.9. The molecule has 3 unspecified atom stereocenters. The maximum atomic E-state index is 14.2. The highest BCUT2D eigenvalue weighted by Gasteiger charge is 2.33. The molecule has 3 atom stereocenters. The number of aliphatic carboxylic acids is 1. The fourth-order valence-electron chi connectivity index (χ4n) is 6.58. The largest absolute Gasteiger partial charge is 0.492 e. The number of carbonyl (C=O) groups is 5. The Balaban J connectivity index is 1.46. The van der Waals surface area contributed by atoms with E-state index in [4.69, 9.17) is 20.9 Å². The number of carboxylic acids is 1. The van der Waals surface area contributed by atoms with Gasteiger partial charge >= 0.3 is 5.97 Å². The molecule has 14 nitrogen and oxygen atoms in total. The Hall–Kier alpha value is -6.25. The summed E-state index contributed by atoms with van der Waals surface area (Å²) in [5.74, 6) is -3.04. The van der Waals surface area contributed by atoms with Crippen molar-refractivity contribution < 1.29 is 38.6 Å². The summed E-state index contributed by atoms with van der Waals surface area (Å²) in [5, 5.41) is 17.9. The quantitative estimate of drug-likeness (QED) is 0.123. The van der Waals surface area contributed by atoms with Crippen LogP contribution in [0.1, 0.15) is 60.8 Å². The molecule has 0 aliphatic carbocycles. The summed E-state index contributed by atoms with van der Waals surface area (Å²) in [4.78, 5) is 68.0. The molecule has 0 fully saturated rings. The van der Waals surface area contributed by atoms with Gasteiger partial charge in [-0.1, -0.05) is 69.3 Å². The molecule has 306 valence electrons. The average molecular weight is 793 g/mol. The molecule has 4 aromatic rings. The first kappa shape index (κ1) is 42.9. The molecule has 4 aromatic carbocycles. The predicted molar refractivity (Wildman–Crippen MR) is 220 cm³/mol. The van der Waals surface area contributed by atoms with Crippen LogP contribution in [0.25, 0.3) is 22.3 Å². The topological polar surface area (TPSA) is 215 Å². The zero-order valence-electron chi connectivity index (χ0n) is 33.5. The monoisotopic (exact) mass is 792 g/mol. The number of rotatable bonds is 12. The van der Waals surface area contributed by atoms with E-state index in [0.717, 1.165) is 11.1 Å². The number of hydrogen-bond donors (Lipinski definition) is 6. The molecule has 1 aliphatic heterocycles. The van der Waals surface area contributed by atoms with E-state index in [-0.39, 0.29) is 38.1 Å². The molecule has 0 saturated carbocycles. The Labute approximate surface area is 338 Å². The Morgan fingerprint density at radius 1 is 0.810 bits per heavy atom. The first-order valence-electron chi connectivity index (χ1n) is 19.1. The lowest BCUT2D eigenvalue weighted by atomic mass is 9.86. The van der Waals surface area contributed by atoms with Crippen molar-refractivity contribution in [2.75, 3.05) is 39.9 Å². The fourth-order valence-corrected chi connectivity index (χ4v) is 6.58. The maximum Gasteiger partial charge on any atom is 0.326 e. The molecule has 1 heterocycles. The molecule has 8 N–H and O–H groups in total. The summed E-state index contributed by atoms with van der Waals surface area (Å²) in [6.07, 6.45) is -0.0776. The highest BCUT2D eigenvalue weighted by atomic mass is 16.5. The minimum Gasteiger partial charge on any atom is -0.492 e. The van der Waals surface area contributed by atoms with Crippen molar-refractivity contribution in [3.8, 4) is 33.8 Å². The van der Waals surface area contributed by atoms with E-state index in [1.165, 1.54) is 24.4 Å². The van der Waals surface area contributed by atoms with E-state index in [1.807, 2.05) is 24.3 Å². The molecule has 0 saturated heterocycles. The lowest BCUT2D eigenvalue weighted by Crippen LogP contribution is -2.53. The second-order valence-electron chi connectivity index (χ2n) is 15.2. The Kier molecular flexibility index (Phi) is 13.9. The molecule has 0 radical (unpaired) electrons. The zero-order valence-corrected chi connectivity index (χ0v) is 33.5. The van der Waals surface area contributed by atoms with Crippen molar-refractivity contribution in [2.45, 2.75) is 57.7 Å². The second kappa shape index (κ2) is 18.8. The lowest BCUT2D eigenvalue weighted by molar-refractivity contribution is -0.142. The van der Waals surface area contributed by atoms with Crippen LogP contribution < -0.4 is 36.9 Å². The van der Waals surface area contributed by atoms with Crippen molar-refractivity contribution in [1.82, 2.24) is 20.9 Å². The van der Waals surface area contributed by atoms with Gasteiger partial charge in [0.1, 0.15) is 42.8 Å². The number of fused-ring (bicyclic) bond motifs is 5. The van der Waals surface area contributed by atoms with Crippen LogP contribution in [-0.2, 0) is 31.0 Å². The van der Waals surface area contributed by atoms with Crippen LogP contribution in [0, 0.1) is 0 Å². The SMILES string of the molecule is CC1NC(=O)C(N(C)C(=O)CNC(=O)c2ccc(-c3ccc(C(C)(C)C)cc3)cc2)c2ccc(OCCN)c(c2)-c2cc(ccc2OCCN)CC(C(=O)O)NC1=O. The van der Waals surface area contributed by atoms with Crippen LogP contribution in [0.5, 0.6) is 11.5 Å². The van der Waals surface area contributed by atoms with E-state index in [2.05, 4.69) is 48.9 Å². The standard InChI is InChI=1S/C44H52N6O8/c1-26-40(52)49-35(43(55)56)23-27-6-16-36(57-20-18-45)33(22-27)34-24-31(13-17-37(34)58-21-19-46)39(42(54)48-26)50(5)38(51)25-47-41(53)30-9-7-28(8-10-30)29-11-14-32(15-12-29)44(2,3)4/h6-17,22,24,26,35,39H,18-21,23,25,45-46H2,1-5H3,(H,47,53)(H,48,54)(H,49,52)(H,55,56). The summed E-state index contributed by atoms with van der Waals surface area (Å²) in [7, 11) is 1.42. The normalized spacial score (nSPS) is 16.9. The average Bonchev–Trinajstić information content (AvgIpc) is 3.20. The van der Waals surface area contributed by atoms with Gasteiger partial charge in [-0.2, -0.15) is 0 Å². The molecule has 5 rings (SSSR count). The van der Waals surface area contributed by atoms with Gasteiger partial charge < -0.3 is 46.9 Å². The predicted octanol–water partition coefficient (Wildman–Crippen LogP) is 3.55. The molecule has 0 aromatic heterocycles. The molecule has 1 aliphatic rings. The van der Waals surface area contributed by atoms with Gasteiger partial charge in [0.15, 0.2) is 0 Å². The number of amides is 4. The van der Waals surface area contributed by atoms with Gasteiger partial charge in [0.2, 0.25) is 17.7 Å². The van der Waals surface area contributed by atoms with E-state index in [1.54, 1.807) is 48.5 Å². The van der Waals surface area contributed by atoms with Crippen molar-refractivity contribution in [1.29, 1.82) is 0 Å². The third-order valence-electron chi connectivity index (χ3n) is 9.87. The minimum atomic E-state index is -1.34. The van der Waals surface area contributed by atoms with E-state index < -0.39 is 54.3 Å². The van der Waals surface area contributed by atoms with Crippen LogP contribution >= 0.6 is 0 Å². The van der Waals surface area contributed by atoms with Gasteiger partial charge in [-0.15, -0.1) is 0 Å². The maximum absolute atomic E-state index is 14.2. The summed E-state index contributed by atoms with van der Waals surface area (Å²) >= 11 is 0. The molecule has 58 heavy (non-hydrogen) atoms. The van der Waals surface area contributed by atoms with E-state index in [0.29, 0.717) is 39.3 Å². The Bertz CT molecular complexity index is 2130. The first-order valence-corrected chi connectivity index (χ1v) is 19.1. The summed E-state index contributed by atoms with van der Waals surface area (Å²) in [6.45, 7) is 8.17. The van der Waals surface area contributed by atoms with Crippen LogP contribution in [0.3, 0.4) is 0 Å². The van der Waals surface area contributed by atoms with Crippen molar-refractivity contribution in [3.05, 3.63) is 107 Å². The van der Waals surface area contributed by atoms with Gasteiger partial charge in [-0.3, -0.25) is 19.2 Å². The van der Waals surface area contributed by atoms with Gasteiger partial charge in [0.05, 0.1) is 6.54 Å². The molecular weight excluding hydrogens is 741 g/mol. The summed E-state index contributed by atoms with van der Waals surface area (Å²) < 4.78 is 12.0. The zero-order chi connectivity index (χ0) is 42.1. The van der Waals surface area contributed by atoms with E-state index >= 15 is 0 Å². The third-order valence-corrected chi connectivity index (χ3v) is 9.87. The summed E-state index contributed by atoms with van der Waals surface area (Å²) in [6, 6.07) is 21.5. The second-order valence-corrected chi connectivity index (χ2v) is 15.2. The number of nitrogens with zero attached hydrogens (tertiary/aromatic N) is 1. The number of ether oxygens (including phenoxy) is 2. The molecule has 0 spiro atoms. The smallest absolute Gasteiger partial charge is 0.326 e. The van der Waals surface area contributed by atoms with Gasteiger partial charge in [0, 0.05) is 43.2 Å². The number of hydrogen-bond acceptors (Lipinski definition) is 9. The Morgan fingerprint density at radius 2 is 1.38 bits per heavy atom. The van der Waals surface area contributed by atoms with Crippen LogP contribution in [-0.4, -0.2) is 91.6 Å². The third kappa shape index (κ3) is 10.4. The minimum absolute atomic E-state index is 0.0215. The first-order chi connectivity index (χ1) is 27.6. The van der Waals surface area contributed by atoms with E-state index in [9.17, 15) is 29.1 Å². The number of likely N-dealkylation sites (N-methyl/N-ethyl adjacent to an activating group) is 1.